The first-order chi connectivity index (χ1) is 13.8. The summed E-state index contributed by atoms with van der Waals surface area (Å²) in [5, 5.41) is 23.2. The number of carbonyl (C=O) groups excluding carboxylic acids is 2. The number of anilines is 1. The summed E-state index contributed by atoms with van der Waals surface area (Å²) in [5.41, 5.74) is 0.610. The fourth-order valence-corrected chi connectivity index (χ4v) is 3.25. The number of hydrogen-bond acceptors (Lipinski definition) is 5. The Morgan fingerprint density at radius 2 is 1.70 bits per heavy atom. The van der Waals surface area contributed by atoms with Crippen molar-refractivity contribution < 1.29 is 19.5 Å². The quantitative estimate of drug-likeness (QED) is 0.478. The third-order valence-electron chi connectivity index (χ3n) is 3.98. The highest BCUT2D eigenvalue weighted by Gasteiger charge is 2.22. The lowest BCUT2D eigenvalue weighted by atomic mass is 10.1. The summed E-state index contributed by atoms with van der Waals surface area (Å²) in [4.78, 5) is 33.9. The van der Waals surface area contributed by atoms with Crippen LogP contribution in [0.15, 0.2) is 24.4 Å². The molecule has 0 atom stereocenters. The van der Waals surface area contributed by atoms with Crippen LogP contribution in [-0.2, 0) is 4.79 Å². The molecule has 164 valence electrons. The second-order valence-electron chi connectivity index (χ2n) is 6.23. The largest absolute Gasteiger partial charge is 0.481 e. The van der Waals surface area contributed by atoms with Crippen LogP contribution < -0.4 is 16.0 Å². The normalized spacial score (nSPS) is 13.3. The van der Waals surface area contributed by atoms with E-state index in [-0.39, 0.29) is 46.4 Å². The molecule has 30 heavy (non-hydrogen) atoms. The van der Waals surface area contributed by atoms with E-state index in [1.54, 1.807) is 18.2 Å². The van der Waals surface area contributed by atoms with Crippen LogP contribution in [0.25, 0.3) is 0 Å². The number of rotatable bonds is 4. The minimum atomic E-state index is -0.833. The Balaban J connectivity index is 0.000000827. The Labute approximate surface area is 184 Å². The lowest BCUT2D eigenvalue weighted by Crippen LogP contribution is -2.43. The minimum absolute atomic E-state index is 0. The van der Waals surface area contributed by atoms with Crippen molar-refractivity contribution in [1.29, 1.82) is 0 Å². The van der Waals surface area contributed by atoms with E-state index in [9.17, 15) is 9.59 Å². The zero-order valence-electron chi connectivity index (χ0n) is 15.6. The molecule has 2 aromatic rings. The molecule has 2 heterocycles. The monoisotopic (exact) mass is 457 g/mol. The number of carboxylic acid groups (broad SMARTS) is 1. The van der Waals surface area contributed by atoms with Crippen molar-refractivity contribution >= 4 is 46.7 Å². The van der Waals surface area contributed by atoms with Crippen LogP contribution in [0, 0.1) is 0 Å². The highest BCUT2D eigenvalue weighted by Crippen LogP contribution is 2.25. The fourth-order valence-electron chi connectivity index (χ4n) is 2.68. The first-order valence-electron chi connectivity index (χ1n) is 8.79. The van der Waals surface area contributed by atoms with Gasteiger partial charge >= 0.3 is 0 Å². The van der Waals surface area contributed by atoms with Gasteiger partial charge in [-0.1, -0.05) is 36.7 Å². The Morgan fingerprint density at radius 1 is 1.13 bits per heavy atom. The maximum Gasteiger partial charge on any atom is 0.300 e. The van der Waals surface area contributed by atoms with Crippen molar-refractivity contribution in [3.05, 3.63) is 45.7 Å². The molecule has 1 aliphatic heterocycles. The second-order valence-corrected chi connectivity index (χ2v) is 7.04. The van der Waals surface area contributed by atoms with Gasteiger partial charge in [0.1, 0.15) is 5.69 Å². The maximum atomic E-state index is 12.5. The summed E-state index contributed by atoms with van der Waals surface area (Å²) in [7, 11) is 0. The van der Waals surface area contributed by atoms with Crippen molar-refractivity contribution in [2.45, 2.75) is 33.2 Å². The van der Waals surface area contributed by atoms with Gasteiger partial charge < -0.3 is 21.1 Å². The van der Waals surface area contributed by atoms with E-state index in [4.69, 9.17) is 33.1 Å². The first-order valence-corrected chi connectivity index (χ1v) is 9.55. The molecular formula is C19H25Cl2N5O4. The average Bonchev–Trinajstić information content (AvgIpc) is 3.10. The van der Waals surface area contributed by atoms with Gasteiger partial charge in [-0.25, -0.2) is 0 Å². The van der Waals surface area contributed by atoms with Gasteiger partial charge in [0.15, 0.2) is 0 Å². The third-order valence-corrected chi connectivity index (χ3v) is 4.61. The maximum absolute atomic E-state index is 12.5. The van der Waals surface area contributed by atoms with E-state index in [2.05, 4.69) is 26.1 Å². The number of nitrogens with zero attached hydrogens (tertiary/aromatic N) is 1. The van der Waals surface area contributed by atoms with Gasteiger partial charge in [-0.2, -0.15) is 5.10 Å². The number of aromatic nitrogens is 2. The molecule has 1 aliphatic rings. The number of amides is 2. The number of hydrogen-bond donors (Lipinski definition) is 5. The molecule has 0 bridgehead atoms. The number of benzene rings is 1. The zero-order chi connectivity index (χ0) is 21.4. The zero-order valence-corrected chi connectivity index (χ0v) is 17.1. The molecule has 0 aliphatic carbocycles. The van der Waals surface area contributed by atoms with Gasteiger partial charge in [0.2, 0.25) is 0 Å². The average molecular weight is 458 g/mol. The van der Waals surface area contributed by atoms with Crippen LogP contribution in [-0.4, -0.2) is 52.2 Å². The van der Waals surface area contributed by atoms with E-state index >= 15 is 0 Å². The van der Waals surface area contributed by atoms with Gasteiger partial charge in [0.25, 0.3) is 17.8 Å². The van der Waals surface area contributed by atoms with E-state index in [0.717, 1.165) is 32.9 Å². The molecule has 2 amide bonds. The predicted molar refractivity (Wildman–Crippen MR) is 116 cm³/mol. The number of carboxylic acids is 1. The summed E-state index contributed by atoms with van der Waals surface area (Å²) in [6.07, 6.45) is 3.09. The minimum Gasteiger partial charge on any atom is -0.481 e. The highest BCUT2D eigenvalue weighted by atomic mass is 35.5. The fraction of sp³-hybridized carbons (Fsp3) is 0.368. The van der Waals surface area contributed by atoms with Gasteiger partial charge in [0.05, 0.1) is 27.5 Å². The predicted octanol–water partition coefficient (Wildman–Crippen LogP) is 3.18. The van der Waals surface area contributed by atoms with Crippen molar-refractivity contribution in [2.24, 2.45) is 0 Å². The van der Waals surface area contributed by atoms with Crippen LogP contribution in [0.3, 0.4) is 0 Å². The molecule has 0 unspecified atom stereocenters. The summed E-state index contributed by atoms with van der Waals surface area (Å²) < 4.78 is 0. The standard InChI is InChI=1S/C16H17Cl2N5O2.C2H4O2.CH4/c17-10-2-1-3-11(18)13(10)15(24)22-12-8-20-23-14(12)16(25)21-9-4-6-19-7-5-9;1-2(3)4;/h1-3,8-9,19H,4-7H2,(H,20,23)(H,21,25)(H,22,24);1H3,(H,3,4);1H4. The van der Waals surface area contributed by atoms with Crippen LogP contribution in [0.1, 0.15) is 48.0 Å². The molecule has 1 aromatic carbocycles. The van der Waals surface area contributed by atoms with Crippen LogP contribution in [0.4, 0.5) is 5.69 Å². The molecular weight excluding hydrogens is 433 g/mol. The number of nitrogens with one attached hydrogen (secondary N) is 4. The molecule has 5 N–H and O–H groups in total. The molecule has 1 fully saturated rings. The van der Waals surface area contributed by atoms with Gasteiger partial charge in [0, 0.05) is 13.0 Å². The lowest BCUT2D eigenvalue weighted by Gasteiger charge is -2.23. The molecule has 0 spiro atoms. The Bertz CT molecular complexity index is 857. The van der Waals surface area contributed by atoms with Crippen LogP contribution >= 0.6 is 23.2 Å². The molecule has 1 aromatic heterocycles. The SMILES string of the molecule is C.CC(=O)O.O=C(NC1CCNCC1)c1[nH]ncc1NC(=O)c1c(Cl)cccc1Cl. The van der Waals surface area contributed by atoms with Crippen LogP contribution in [0.5, 0.6) is 0 Å². The van der Waals surface area contributed by atoms with Gasteiger partial charge in [-0.3, -0.25) is 19.5 Å². The summed E-state index contributed by atoms with van der Waals surface area (Å²) in [6.45, 7) is 2.81. The number of aromatic amines is 1. The van der Waals surface area contributed by atoms with E-state index < -0.39 is 11.9 Å². The Hall–Kier alpha value is -2.62. The molecule has 1 saturated heterocycles. The summed E-state index contributed by atoms with van der Waals surface area (Å²) in [5.74, 6) is -1.65. The van der Waals surface area contributed by atoms with E-state index in [1.807, 2.05) is 0 Å². The Kier molecular flexibility index (Phi) is 10.3. The van der Waals surface area contributed by atoms with Crippen molar-refractivity contribution in [3.63, 3.8) is 0 Å². The molecule has 0 saturated carbocycles. The number of halogens is 2. The van der Waals surface area contributed by atoms with E-state index in [0.29, 0.717) is 0 Å². The topological polar surface area (TPSA) is 136 Å². The second kappa shape index (κ2) is 12.2. The summed E-state index contributed by atoms with van der Waals surface area (Å²) >= 11 is 12.1. The highest BCUT2D eigenvalue weighted by molar-refractivity contribution is 6.40. The van der Waals surface area contributed by atoms with Crippen LogP contribution in [0.2, 0.25) is 10.0 Å². The summed E-state index contributed by atoms with van der Waals surface area (Å²) in [6, 6.07) is 4.89. The number of H-pyrrole nitrogens is 1. The molecule has 3 rings (SSSR count). The van der Waals surface area contributed by atoms with Crippen molar-refractivity contribution in [2.75, 3.05) is 18.4 Å². The molecule has 0 radical (unpaired) electrons. The van der Waals surface area contributed by atoms with E-state index in [1.165, 1.54) is 6.20 Å². The number of carbonyl (C=O) groups is 3. The number of aliphatic carboxylic acids is 1. The van der Waals surface area contributed by atoms with Crippen molar-refractivity contribution in [1.82, 2.24) is 20.8 Å². The first kappa shape index (κ1) is 25.4. The van der Waals surface area contributed by atoms with Gasteiger partial charge in [-0.15, -0.1) is 0 Å². The third kappa shape index (κ3) is 7.33. The van der Waals surface area contributed by atoms with Gasteiger partial charge in [-0.05, 0) is 38.1 Å². The smallest absolute Gasteiger partial charge is 0.300 e. The lowest BCUT2D eigenvalue weighted by molar-refractivity contribution is -0.134. The molecule has 11 heteroatoms. The molecule has 9 nitrogen and oxygen atoms in total. The Morgan fingerprint density at radius 3 is 2.27 bits per heavy atom. The number of piperidine rings is 1. The van der Waals surface area contributed by atoms with Crippen molar-refractivity contribution in [3.8, 4) is 0 Å².